The molecule has 0 unspecified atom stereocenters. The fourth-order valence-electron chi connectivity index (χ4n) is 4.46. The monoisotopic (exact) mass is 412 g/mol. The van der Waals surface area contributed by atoms with Crippen molar-refractivity contribution >= 4 is 14.9 Å². The van der Waals surface area contributed by atoms with E-state index < -0.39 is 15.6 Å². The third-order valence-corrected chi connectivity index (χ3v) is 7.46. The third-order valence-electron chi connectivity index (χ3n) is 5.78. The van der Waals surface area contributed by atoms with E-state index in [1.807, 2.05) is 61.5 Å². The van der Waals surface area contributed by atoms with E-state index in [-0.39, 0.29) is 0 Å². The van der Waals surface area contributed by atoms with Gasteiger partial charge in [0.05, 0.1) is 10.4 Å². The van der Waals surface area contributed by atoms with Crippen molar-refractivity contribution in [2.75, 3.05) is 13.1 Å². The summed E-state index contributed by atoms with van der Waals surface area (Å²) in [6, 6.07) is 16.9. The quantitative estimate of drug-likeness (QED) is 0.736. The van der Waals surface area contributed by atoms with Crippen molar-refractivity contribution in [3.05, 3.63) is 65.7 Å². The third kappa shape index (κ3) is 4.10. The number of sulfonamides is 1. The summed E-state index contributed by atoms with van der Waals surface area (Å²) in [6.45, 7) is 3.41. The van der Waals surface area contributed by atoms with E-state index in [9.17, 15) is 8.42 Å². The van der Waals surface area contributed by atoms with Gasteiger partial charge < -0.3 is 10.1 Å². The molecule has 0 atom stereocenters. The highest BCUT2D eigenvalue weighted by molar-refractivity contribution is 7.99. The summed E-state index contributed by atoms with van der Waals surface area (Å²) in [5.74, 6) is 1.35. The first-order chi connectivity index (χ1) is 14.0. The van der Waals surface area contributed by atoms with Crippen molar-refractivity contribution in [2.24, 2.45) is 0 Å². The fourth-order valence-corrected chi connectivity index (χ4v) is 6.44. The van der Waals surface area contributed by atoms with E-state index in [2.05, 4.69) is 10.0 Å². The largest absolute Gasteiger partial charge is 0.457 e. The second kappa shape index (κ2) is 8.30. The van der Waals surface area contributed by atoms with Crippen LogP contribution < -0.4 is 14.8 Å². The van der Waals surface area contributed by atoms with Crippen molar-refractivity contribution in [3.8, 4) is 11.5 Å². The molecule has 1 aliphatic carbocycles. The Morgan fingerprint density at radius 2 is 1.72 bits per heavy atom. The molecule has 6 heteroatoms. The van der Waals surface area contributed by atoms with E-state index in [4.69, 9.17) is 4.74 Å². The lowest BCUT2D eigenvalue weighted by Gasteiger charge is -2.35. The minimum atomic E-state index is -3.58. The minimum absolute atomic E-state index is 0.416. The van der Waals surface area contributed by atoms with E-state index in [1.165, 1.54) is 0 Å². The average molecular weight is 413 g/mol. The molecule has 2 N–H and O–H groups in total. The molecule has 1 aliphatic heterocycles. The molecule has 0 radical (unpaired) electrons. The summed E-state index contributed by atoms with van der Waals surface area (Å²) in [5.41, 5.74) is 1.20. The smallest absolute Gasteiger partial charge is 0.242 e. The van der Waals surface area contributed by atoms with Gasteiger partial charge in [-0.05, 0) is 54.8 Å². The van der Waals surface area contributed by atoms with Crippen LogP contribution in [-0.4, -0.2) is 27.0 Å². The van der Waals surface area contributed by atoms with Crippen LogP contribution in [0.5, 0.6) is 11.5 Å². The van der Waals surface area contributed by atoms with Crippen LogP contribution in [0.4, 0.5) is 0 Å². The molecule has 2 aromatic rings. The first kappa shape index (κ1) is 20.1. The number of hydrogen-bond donors (Lipinski definition) is 2. The summed E-state index contributed by atoms with van der Waals surface area (Å²) in [7, 11) is -3.58. The molecule has 1 fully saturated rings. The molecule has 29 heavy (non-hydrogen) atoms. The maximum Gasteiger partial charge on any atom is 0.242 e. The van der Waals surface area contributed by atoms with Crippen LogP contribution in [0.15, 0.2) is 60.2 Å². The van der Waals surface area contributed by atoms with Crippen LogP contribution in [0.25, 0.3) is 4.91 Å². The van der Waals surface area contributed by atoms with Gasteiger partial charge >= 0.3 is 0 Å². The van der Waals surface area contributed by atoms with Gasteiger partial charge in [0.15, 0.2) is 0 Å². The highest BCUT2D eigenvalue weighted by atomic mass is 32.2. The van der Waals surface area contributed by atoms with Gasteiger partial charge in [0.25, 0.3) is 0 Å². The molecule has 0 aromatic heterocycles. The molecule has 0 bridgehead atoms. The van der Waals surface area contributed by atoms with E-state index in [0.717, 1.165) is 50.0 Å². The van der Waals surface area contributed by atoms with Crippen molar-refractivity contribution in [1.29, 1.82) is 0 Å². The standard InChI is InChI=1S/C23H28N2O3S/c1-2-24-17-21-22(29(26,27)25-23(21)14-7-4-8-15-23)18-10-9-13-20(16-18)28-19-11-5-3-6-12-19/h3,5-6,9-13,16,24-25H,2,4,7-8,14-15,17H2,1H3. The predicted octanol–water partition coefficient (Wildman–Crippen LogP) is 4.44. The Morgan fingerprint density at radius 1 is 1.00 bits per heavy atom. The van der Waals surface area contributed by atoms with Crippen molar-refractivity contribution in [3.63, 3.8) is 0 Å². The summed E-state index contributed by atoms with van der Waals surface area (Å²) in [5, 5.41) is 3.36. The summed E-state index contributed by atoms with van der Waals surface area (Å²) in [6.07, 6.45) is 4.96. The Morgan fingerprint density at radius 3 is 2.45 bits per heavy atom. The average Bonchev–Trinajstić information content (AvgIpc) is 2.93. The van der Waals surface area contributed by atoms with E-state index in [1.54, 1.807) is 0 Å². The van der Waals surface area contributed by atoms with Gasteiger partial charge in [-0.1, -0.05) is 56.5 Å². The molecule has 1 spiro atoms. The first-order valence-corrected chi connectivity index (χ1v) is 11.8. The second-order valence-corrected chi connectivity index (χ2v) is 9.40. The topological polar surface area (TPSA) is 67.4 Å². The highest BCUT2D eigenvalue weighted by Gasteiger charge is 2.48. The van der Waals surface area contributed by atoms with Gasteiger partial charge in [0.2, 0.25) is 10.0 Å². The number of nitrogens with one attached hydrogen (secondary N) is 2. The molecular weight excluding hydrogens is 384 g/mol. The van der Waals surface area contributed by atoms with E-state index >= 15 is 0 Å². The fraction of sp³-hybridized carbons (Fsp3) is 0.391. The Bertz CT molecular complexity index is 994. The molecule has 154 valence electrons. The molecule has 4 rings (SSSR count). The molecule has 1 heterocycles. The summed E-state index contributed by atoms with van der Waals surface area (Å²) in [4.78, 5) is 0.416. The molecule has 2 aliphatic rings. The Balaban J connectivity index is 1.77. The maximum absolute atomic E-state index is 13.2. The van der Waals surface area contributed by atoms with Crippen LogP contribution in [0.1, 0.15) is 44.6 Å². The van der Waals surface area contributed by atoms with Crippen LogP contribution in [0, 0.1) is 0 Å². The van der Waals surface area contributed by atoms with Gasteiger partial charge in [-0.3, -0.25) is 0 Å². The van der Waals surface area contributed by atoms with Gasteiger partial charge in [-0.15, -0.1) is 0 Å². The number of hydrogen-bond acceptors (Lipinski definition) is 4. The van der Waals surface area contributed by atoms with Gasteiger partial charge in [0, 0.05) is 6.54 Å². The second-order valence-electron chi connectivity index (χ2n) is 7.78. The lowest BCUT2D eigenvalue weighted by Crippen LogP contribution is -2.47. The van der Waals surface area contributed by atoms with Gasteiger partial charge in [-0.25, -0.2) is 13.1 Å². The lowest BCUT2D eigenvalue weighted by atomic mass is 9.76. The van der Waals surface area contributed by atoms with Crippen molar-refractivity contribution in [2.45, 2.75) is 44.6 Å². The number of ether oxygens (including phenoxy) is 1. The first-order valence-electron chi connectivity index (χ1n) is 10.4. The van der Waals surface area contributed by atoms with Crippen LogP contribution in [0.2, 0.25) is 0 Å². The molecule has 0 saturated heterocycles. The summed E-state index contributed by atoms with van der Waals surface area (Å²) >= 11 is 0. The SMILES string of the molecule is CCNCC1=C(c2cccc(Oc3ccccc3)c2)S(=O)(=O)NC12CCCCC2. The molecule has 1 saturated carbocycles. The zero-order valence-corrected chi connectivity index (χ0v) is 17.6. The van der Waals surface area contributed by atoms with Gasteiger partial charge in [0.1, 0.15) is 11.5 Å². The number of benzene rings is 2. The molecule has 5 nitrogen and oxygen atoms in total. The maximum atomic E-state index is 13.2. The normalized spacial score (nSPS) is 20.2. The highest BCUT2D eigenvalue weighted by Crippen LogP contribution is 2.45. The molecule has 0 amide bonds. The zero-order chi connectivity index (χ0) is 20.3. The lowest BCUT2D eigenvalue weighted by molar-refractivity contribution is 0.315. The zero-order valence-electron chi connectivity index (χ0n) is 16.8. The Hall–Kier alpha value is -2.15. The van der Waals surface area contributed by atoms with Crippen LogP contribution in [0.3, 0.4) is 0 Å². The molecule has 2 aromatic carbocycles. The van der Waals surface area contributed by atoms with Crippen LogP contribution in [-0.2, 0) is 10.0 Å². The number of para-hydroxylation sites is 1. The predicted molar refractivity (Wildman–Crippen MR) is 116 cm³/mol. The van der Waals surface area contributed by atoms with Crippen molar-refractivity contribution in [1.82, 2.24) is 10.0 Å². The van der Waals surface area contributed by atoms with Crippen LogP contribution >= 0.6 is 0 Å². The molecular formula is C23H28N2O3S. The van der Waals surface area contributed by atoms with E-state index in [0.29, 0.717) is 22.8 Å². The number of rotatable bonds is 6. The van der Waals surface area contributed by atoms with Crippen molar-refractivity contribution < 1.29 is 13.2 Å². The Labute approximate surface area is 173 Å². The van der Waals surface area contributed by atoms with Gasteiger partial charge in [-0.2, -0.15) is 0 Å². The minimum Gasteiger partial charge on any atom is -0.457 e. The summed E-state index contributed by atoms with van der Waals surface area (Å²) < 4.78 is 35.5. The number of likely N-dealkylation sites (N-methyl/N-ethyl adjacent to an activating group) is 1. The Kier molecular flexibility index (Phi) is 5.76.